The van der Waals surface area contributed by atoms with Crippen molar-refractivity contribution in [2.24, 2.45) is 0 Å². The molecule has 2 atom stereocenters. The van der Waals surface area contributed by atoms with Crippen LogP contribution in [0.3, 0.4) is 0 Å². The number of benzene rings is 8. The Morgan fingerprint density at radius 2 is 0.621 bits per heavy atom. The van der Waals surface area contributed by atoms with Crippen molar-refractivity contribution in [3.63, 3.8) is 0 Å². The molecule has 14 rings (SSSR count). The van der Waals surface area contributed by atoms with Crippen LogP contribution >= 0.6 is 23.2 Å². The second kappa shape index (κ2) is 10.7. The van der Waals surface area contributed by atoms with E-state index in [4.69, 9.17) is 23.2 Å². The lowest BCUT2D eigenvalue weighted by Gasteiger charge is -2.49. The fourth-order valence-electron chi connectivity index (χ4n) is 12.3. The van der Waals surface area contributed by atoms with Gasteiger partial charge in [-0.05, 0) is 111 Å². The van der Waals surface area contributed by atoms with E-state index in [-0.39, 0.29) is 0 Å². The summed E-state index contributed by atoms with van der Waals surface area (Å²) in [6.07, 6.45) is 0. The van der Waals surface area contributed by atoms with E-state index >= 15 is 0 Å². The highest BCUT2D eigenvalue weighted by atomic mass is 35.5. The normalized spacial score (nSPS) is 20.8. The van der Waals surface area contributed by atoms with Gasteiger partial charge in [0.2, 0.25) is 0 Å². The van der Waals surface area contributed by atoms with Gasteiger partial charge in [-0.2, -0.15) is 0 Å². The molecule has 0 N–H and O–H groups in total. The van der Waals surface area contributed by atoms with E-state index in [1.54, 1.807) is 0 Å². The fourth-order valence-corrected chi connectivity index (χ4v) is 13.1. The fraction of sp³-hybridized carbons (Fsp3) is 0.0357. The van der Waals surface area contributed by atoms with Crippen LogP contribution in [0.4, 0.5) is 0 Å². The molecule has 6 aliphatic carbocycles. The molecule has 8 aromatic carbocycles. The summed E-state index contributed by atoms with van der Waals surface area (Å²) in [6, 6.07) is 67.0. The molecule has 8 aromatic rings. The third kappa shape index (κ3) is 3.29. The minimum absolute atomic E-state index is 0.596. The van der Waals surface area contributed by atoms with Crippen LogP contribution in [0, 0.1) is 0 Å². The lowest BCUT2D eigenvalue weighted by Crippen LogP contribution is -2.39. The second-order valence-corrected chi connectivity index (χ2v) is 17.1. The Morgan fingerprint density at radius 1 is 0.293 bits per heavy atom. The van der Waals surface area contributed by atoms with Crippen LogP contribution in [-0.2, 0) is 10.8 Å². The maximum Gasteiger partial charge on any atom is 0.0752 e. The first kappa shape index (κ1) is 31.6. The predicted molar refractivity (Wildman–Crippen MR) is 241 cm³/mol. The molecule has 0 aliphatic heterocycles. The zero-order chi connectivity index (χ0) is 38.1. The standard InChI is InChI=1S/C56H30Cl2/c57-53-37-25-11-7-21-33(37)45-47(31-17-3-1-4-18-31)55(51(45)53)41-29-15-13-27-39(41)43-44-40-28-14-16-30-42(40)56(50(44)36-24-10-9-23-35(36)49(43)55)48(32-19-5-2-6-20-32)46-34-22-8-12-26-38(34)54(58)52(46)56/h1-30H/t55-,56-/m1/s1. The molecule has 0 aromatic heterocycles. The molecule has 0 heterocycles. The Morgan fingerprint density at radius 3 is 1.03 bits per heavy atom. The van der Waals surface area contributed by atoms with E-state index in [1.165, 1.54) is 111 Å². The zero-order valence-corrected chi connectivity index (χ0v) is 32.6. The molecular weight excluding hydrogens is 744 g/mol. The molecule has 268 valence electrons. The van der Waals surface area contributed by atoms with Gasteiger partial charge in [0.15, 0.2) is 0 Å². The van der Waals surface area contributed by atoms with Crippen molar-refractivity contribution < 1.29 is 0 Å². The highest BCUT2D eigenvalue weighted by Crippen LogP contribution is 2.79. The first-order valence-corrected chi connectivity index (χ1v) is 20.8. The number of hydrogen-bond acceptors (Lipinski definition) is 0. The molecule has 0 fully saturated rings. The highest BCUT2D eigenvalue weighted by molar-refractivity contribution is 6.55. The Balaban J connectivity index is 1.21. The Kier molecular flexibility index (Phi) is 5.85. The van der Waals surface area contributed by atoms with Gasteiger partial charge in [-0.1, -0.05) is 205 Å². The molecular formula is C56H30Cl2. The smallest absolute Gasteiger partial charge is 0.0752 e. The van der Waals surface area contributed by atoms with Crippen molar-refractivity contribution in [1.29, 1.82) is 0 Å². The molecule has 0 unspecified atom stereocenters. The molecule has 0 saturated heterocycles. The van der Waals surface area contributed by atoms with Crippen LogP contribution < -0.4 is 0 Å². The summed E-state index contributed by atoms with van der Waals surface area (Å²) in [5.41, 5.74) is 24.0. The molecule has 0 amide bonds. The van der Waals surface area contributed by atoms with Crippen molar-refractivity contribution in [2.75, 3.05) is 0 Å². The van der Waals surface area contributed by atoms with Crippen molar-refractivity contribution >= 4 is 66.3 Å². The van der Waals surface area contributed by atoms with Gasteiger partial charge < -0.3 is 0 Å². The van der Waals surface area contributed by atoms with Crippen molar-refractivity contribution in [3.8, 4) is 22.3 Å². The number of halogens is 2. The first-order valence-electron chi connectivity index (χ1n) is 20.1. The van der Waals surface area contributed by atoms with E-state index < -0.39 is 10.8 Å². The van der Waals surface area contributed by atoms with Crippen molar-refractivity contribution in [1.82, 2.24) is 0 Å². The van der Waals surface area contributed by atoms with E-state index in [9.17, 15) is 0 Å². The van der Waals surface area contributed by atoms with Crippen LogP contribution in [0.1, 0.15) is 55.6 Å². The molecule has 2 heteroatoms. The van der Waals surface area contributed by atoms with Crippen LogP contribution in [0.15, 0.2) is 193 Å². The van der Waals surface area contributed by atoms with Gasteiger partial charge in [-0.25, -0.2) is 0 Å². The average Bonchev–Trinajstić information content (AvgIpc) is 3.93. The largest absolute Gasteiger partial charge is 0.0833 e. The summed E-state index contributed by atoms with van der Waals surface area (Å²) in [6.45, 7) is 0. The third-order valence-corrected chi connectivity index (χ3v) is 14.9. The highest BCUT2D eigenvalue weighted by Gasteiger charge is 2.65. The molecule has 0 radical (unpaired) electrons. The summed E-state index contributed by atoms with van der Waals surface area (Å²) in [5.74, 6) is 0. The van der Waals surface area contributed by atoms with Gasteiger partial charge >= 0.3 is 0 Å². The quantitative estimate of drug-likeness (QED) is 0.164. The molecule has 0 nitrogen and oxygen atoms in total. The minimum atomic E-state index is -0.596. The number of fused-ring (bicyclic) bond motifs is 22. The maximum absolute atomic E-state index is 7.75. The first-order chi connectivity index (χ1) is 28.7. The van der Waals surface area contributed by atoms with Gasteiger partial charge in [0.05, 0.1) is 20.9 Å². The van der Waals surface area contributed by atoms with E-state index in [0.29, 0.717) is 0 Å². The van der Waals surface area contributed by atoms with E-state index in [0.717, 1.165) is 21.2 Å². The van der Waals surface area contributed by atoms with Gasteiger partial charge in [0.1, 0.15) is 0 Å². The molecule has 0 bridgehead atoms. The summed E-state index contributed by atoms with van der Waals surface area (Å²) in [4.78, 5) is 0. The van der Waals surface area contributed by atoms with Crippen molar-refractivity contribution in [2.45, 2.75) is 10.8 Å². The summed E-state index contributed by atoms with van der Waals surface area (Å²) in [5, 5.41) is 4.22. The number of hydrogen-bond donors (Lipinski definition) is 0. The topological polar surface area (TPSA) is 0 Å². The summed E-state index contributed by atoms with van der Waals surface area (Å²) < 4.78 is 0. The Bertz CT molecular complexity index is 3170. The van der Waals surface area contributed by atoms with E-state index in [1.807, 2.05) is 0 Å². The zero-order valence-electron chi connectivity index (χ0n) is 31.1. The van der Waals surface area contributed by atoms with E-state index in [2.05, 4.69) is 182 Å². The summed E-state index contributed by atoms with van der Waals surface area (Å²) >= 11 is 15.5. The number of allylic oxidation sites excluding steroid dienone is 6. The van der Waals surface area contributed by atoms with Crippen LogP contribution in [0.5, 0.6) is 0 Å². The SMILES string of the molecule is ClC1=C2C(=C(c3ccccc3)[C@@]23c2ccccc2-c2c4c(c5ccccc5c23)[C@@]2(C3=C(Cl)c5ccccc5C3=C2c2ccccc2)c2ccccc2-4)c2ccccc21. The van der Waals surface area contributed by atoms with Crippen LogP contribution in [0.2, 0.25) is 0 Å². The van der Waals surface area contributed by atoms with Gasteiger partial charge in [0.25, 0.3) is 0 Å². The van der Waals surface area contributed by atoms with Crippen LogP contribution in [0.25, 0.3) is 65.4 Å². The Hall–Kier alpha value is -6.44. The lowest BCUT2D eigenvalue weighted by atomic mass is 9.52. The minimum Gasteiger partial charge on any atom is -0.0833 e. The molecule has 58 heavy (non-hydrogen) atoms. The van der Waals surface area contributed by atoms with Crippen LogP contribution in [-0.4, -0.2) is 0 Å². The van der Waals surface area contributed by atoms with Gasteiger partial charge in [-0.15, -0.1) is 0 Å². The Labute approximate surface area is 346 Å². The second-order valence-electron chi connectivity index (χ2n) is 16.3. The molecule has 2 spiro atoms. The maximum atomic E-state index is 7.75. The van der Waals surface area contributed by atoms with Gasteiger partial charge in [0, 0.05) is 11.1 Å². The monoisotopic (exact) mass is 772 g/mol. The molecule has 6 aliphatic rings. The average molecular weight is 774 g/mol. The summed E-state index contributed by atoms with van der Waals surface area (Å²) in [7, 11) is 0. The predicted octanol–water partition coefficient (Wildman–Crippen LogP) is 14.5. The van der Waals surface area contributed by atoms with Crippen molar-refractivity contribution in [3.05, 3.63) is 249 Å². The third-order valence-electron chi connectivity index (χ3n) is 14.1. The van der Waals surface area contributed by atoms with Gasteiger partial charge in [-0.3, -0.25) is 0 Å². The lowest BCUT2D eigenvalue weighted by molar-refractivity contribution is 0.804. The number of rotatable bonds is 2. The molecule has 0 saturated carbocycles.